The Kier molecular flexibility index (Phi) is 4.57. The summed E-state index contributed by atoms with van der Waals surface area (Å²) >= 11 is 5.50. The first-order chi connectivity index (χ1) is 7.06. The van der Waals surface area contributed by atoms with Gasteiger partial charge in [-0.1, -0.05) is 30.3 Å². The second kappa shape index (κ2) is 5.49. The van der Waals surface area contributed by atoms with Crippen LogP contribution in [0.1, 0.15) is 5.56 Å². The van der Waals surface area contributed by atoms with Gasteiger partial charge in [-0.05, 0) is 5.56 Å². The molecule has 0 fully saturated rings. The summed E-state index contributed by atoms with van der Waals surface area (Å²) in [6, 6.07) is 9.11. The number of halogens is 1. The molecule has 0 radical (unpaired) electrons. The van der Waals surface area contributed by atoms with Crippen molar-refractivity contribution in [3.8, 4) is 0 Å². The zero-order chi connectivity index (χ0) is 11.3. The van der Waals surface area contributed by atoms with E-state index in [1.165, 1.54) is 4.31 Å². The summed E-state index contributed by atoms with van der Waals surface area (Å²) in [5.41, 5.74) is 0.791. The van der Waals surface area contributed by atoms with Crippen molar-refractivity contribution >= 4 is 21.6 Å². The number of rotatable bonds is 5. The molecule has 0 amide bonds. The molecular weight excluding hydrogens is 234 g/mol. The van der Waals surface area contributed by atoms with Crippen molar-refractivity contribution in [3.05, 3.63) is 35.9 Å². The molecule has 0 spiro atoms. The maximum atomic E-state index is 11.8. The predicted molar refractivity (Wildman–Crippen MR) is 62.4 cm³/mol. The lowest BCUT2D eigenvalue weighted by Crippen LogP contribution is -2.29. The SMILES string of the molecule is CN(CCCl)S(=O)(=O)Cc1ccccc1. The third kappa shape index (κ3) is 3.81. The highest BCUT2D eigenvalue weighted by molar-refractivity contribution is 7.88. The van der Waals surface area contributed by atoms with E-state index in [0.717, 1.165) is 5.56 Å². The molecule has 3 nitrogen and oxygen atoms in total. The molecule has 0 saturated heterocycles. The molecule has 0 aromatic heterocycles. The Balaban J connectivity index is 2.73. The summed E-state index contributed by atoms with van der Waals surface area (Å²) in [6.07, 6.45) is 0. The van der Waals surface area contributed by atoms with E-state index in [2.05, 4.69) is 0 Å². The molecular formula is C10H14ClNO2S. The number of benzene rings is 1. The normalized spacial score (nSPS) is 11.9. The molecule has 0 heterocycles. The summed E-state index contributed by atoms with van der Waals surface area (Å²) in [5.74, 6) is 0.339. The molecule has 84 valence electrons. The Bertz CT molecular complexity index is 391. The van der Waals surface area contributed by atoms with Gasteiger partial charge in [-0.15, -0.1) is 11.6 Å². The van der Waals surface area contributed by atoms with Gasteiger partial charge in [0.25, 0.3) is 0 Å². The molecule has 5 heteroatoms. The van der Waals surface area contributed by atoms with Gasteiger partial charge in [-0.3, -0.25) is 0 Å². The maximum absolute atomic E-state index is 11.8. The summed E-state index contributed by atoms with van der Waals surface area (Å²) in [5, 5.41) is 0. The number of alkyl halides is 1. The van der Waals surface area contributed by atoms with Gasteiger partial charge in [-0.25, -0.2) is 12.7 Å². The number of nitrogens with zero attached hydrogens (tertiary/aromatic N) is 1. The lowest BCUT2D eigenvalue weighted by Gasteiger charge is -2.15. The van der Waals surface area contributed by atoms with Crippen molar-refractivity contribution in [1.82, 2.24) is 4.31 Å². The van der Waals surface area contributed by atoms with E-state index >= 15 is 0 Å². The summed E-state index contributed by atoms with van der Waals surface area (Å²) in [6.45, 7) is 0.344. The van der Waals surface area contributed by atoms with Gasteiger partial charge in [0.05, 0.1) is 5.75 Å². The van der Waals surface area contributed by atoms with Gasteiger partial charge in [0.15, 0.2) is 0 Å². The largest absolute Gasteiger partial charge is 0.218 e. The fourth-order valence-electron chi connectivity index (χ4n) is 1.15. The molecule has 1 rings (SSSR count). The van der Waals surface area contributed by atoms with Crippen molar-refractivity contribution in [1.29, 1.82) is 0 Å². The first kappa shape index (κ1) is 12.5. The quantitative estimate of drug-likeness (QED) is 0.743. The van der Waals surface area contributed by atoms with Crippen LogP contribution in [0.25, 0.3) is 0 Å². The fourth-order valence-corrected chi connectivity index (χ4v) is 2.71. The van der Waals surface area contributed by atoms with Crippen LogP contribution in [0.4, 0.5) is 0 Å². The van der Waals surface area contributed by atoms with E-state index in [1.807, 2.05) is 18.2 Å². The predicted octanol–water partition coefficient (Wildman–Crippen LogP) is 1.69. The fraction of sp³-hybridized carbons (Fsp3) is 0.400. The molecule has 0 bridgehead atoms. The zero-order valence-corrected chi connectivity index (χ0v) is 10.1. The topological polar surface area (TPSA) is 37.4 Å². The Morgan fingerprint density at radius 1 is 1.27 bits per heavy atom. The van der Waals surface area contributed by atoms with Gasteiger partial charge in [0, 0.05) is 19.5 Å². The van der Waals surface area contributed by atoms with Gasteiger partial charge in [-0.2, -0.15) is 0 Å². The van der Waals surface area contributed by atoms with Crippen molar-refractivity contribution in [2.45, 2.75) is 5.75 Å². The van der Waals surface area contributed by atoms with Crippen LogP contribution >= 0.6 is 11.6 Å². The van der Waals surface area contributed by atoms with E-state index in [-0.39, 0.29) is 5.75 Å². The Labute approximate surface area is 95.7 Å². The van der Waals surface area contributed by atoms with Crippen LogP contribution in [0.3, 0.4) is 0 Å². The average Bonchev–Trinajstić information content (AvgIpc) is 2.19. The Morgan fingerprint density at radius 3 is 2.40 bits per heavy atom. The summed E-state index contributed by atoms with van der Waals surface area (Å²) in [7, 11) is -1.68. The summed E-state index contributed by atoms with van der Waals surface area (Å²) < 4.78 is 24.8. The van der Waals surface area contributed by atoms with Crippen LogP contribution in [-0.2, 0) is 15.8 Å². The molecule has 0 aliphatic carbocycles. The van der Waals surface area contributed by atoms with E-state index < -0.39 is 10.0 Å². The average molecular weight is 248 g/mol. The van der Waals surface area contributed by atoms with Gasteiger partial charge >= 0.3 is 0 Å². The Morgan fingerprint density at radius 2 is 1.87 bits per heavy atom. The minimum absolute atomic E-state index is 0.0290. The van der Waals surface area contributed by atoms with E-state index in [9.17, 15) is 8.42 Å². The van der Waals surface area contributed by atoms with E-state index in [0.29, 0.717) is 12.4 Å². The minimum atomic E-state index is -3.23. The van der Waals surface area contributed by atoms with Crippen LogP contribution < -0.4 is 0 Å². The highest BCUT2D eigenvalue weighted by Crippen LogP contribution is 2.08. The van der Waals surface area contributed by atoms with Crippen molar-refractivity contribution < 1.29 is 8.42 Å². The van der Waals surface area contributed by atoms with Gasteiger partial charge in [0.1, 0.15) is 0 Å². The van der Waals surface area contributed by atoms with Crippen molar-refractivity contribution in [3.63, 3.8) is 0 Å². The van der Waals surface area contributed by atoms with Crippen LogP contribution in [-0.4, -0.2) is 32.2 Å². The van der Waals surface area contributed by atoms with Crippen molar-refractivity contribution in [2.75, 3.05) is 19.5 Å². The second-order valence-corrected chi connectivity index (χ2v) is 5.71. The highest BCUT2D eigenvalue weighted by Gasteiger charge is 2.17. The second-order valence-electron chi connectivity index (χ2n) is 3.25. The minimum Gasteiger partial charge on any atom is -0.212 e. The monoisotopic (exact) mass is 247 g/mol. The summed E-state index contributed by atoms with van der Waals surface area (Å²) in [4.78, 5) is 0. The molecule has 15 heavy (non-hydrogen) atoms. The van der Waals surface area contributed by atoms with Crippen LogP contribution in [0, 0.1) is 0 Å². The molecule has 0 unspecified atom stereocenters. The highest BCUT2D eigenvalue weighted by atomic mass is 35.5. The Hall–Kier alpha value is -0.580. The van der Waals surface area contributed by atoms with E-state index in [1.54, 1.807) is 19.2 Å². The van der Waals surface area contributed by atoms with Crippen LogP contribution in [0.15, 0.2) is 30.3 Å². The maximum Gasteiger partial charge on any atom is 0.218 e. The number of hydrogen-bond acceptors (Lipinski definition) is 2. The van der Waals surface area contributed by atoms with E-state index in [4.69, 9.17) is 11.6 Å². The third-order valence-electron chi connectivity index (χ3n) is 2.07. The molecule has 0 N–H and O–H groups in total. The standard InChI is InChI=1S/C10H14ClNO2S/c1-12(8-7-11)15(13,14)9-10-5-3-2-4-6-10/h2-6H,7-9H2,1H3. The molecule has 1 aromatic rings. The third-order valence-corrected chi connectivity index (χ3v) is 4.07. The van der Waals surface area contributed by atoms with Gasteiger partial charge in [0.2, 0.25) is 10.0 Å². The lowest BCUT2D eigenvalue weighted by molar-refractivity contribution is 0.487. The van der Waals surface area contributed by atoms with Crippen LogP contribution in [0.5, 0.6) is 0 Å². The zero-order valence-electron chi connectivity index (χ0n) is 8.56. The van der Waals surface area contributed by atoms with Gasteiger partial charge < -0.3 is 0 Å². The molecule has 0 saturated carbocycles. The first-order valence-corrected chi connectivity index (χ1v) is 6.74. The molecule has 0 atom stereocenters. The number of hydrogen-bond donors (Lipinski definition) is 0. The number of sulfonamides is 1. The van der Waals surface area contributed by atoms with Crippen molar-refractivity contribution in [2.24, 2.45) is 0 Å². The molecule has 0 aliphatic rings. The molecule has 1 aromatic carbocycles. The lowest BCUT2D eigenvalue weighted by atomic mass is 10.2. The first-order valence-electron chi connectivity index (χ1n) is 4.60. The van der Waals surface area contributed by atoms with Crippen LogP contribution in [0.2, 0.25) is 0 Å². The smallest absolute Gasteiger partial charge is 0.212 e. The molecule has 0 aliphatic heterocycles.